The third-order valence-electron chi connectivity index (χ3n) is 3.59. The van der Waals surface area contributed by atoms with E-state index in [2.05, 4.69) is 33.0 Å². The van der Waals surface area contributed by atoms with Gasteiger partial charge in [-0.1, -0.05) is 0 Å². The number of aliphatic hydroxyl groups excluding tert-OH is 1. The molecule has 0 bridgehead atoms. The van der Waals surface area contributed by atoms with E-state index in [4.69, 9.17) is 4.42 Å². The van der Waals surface area contributed by atoms with Crippen molar-refractivity contribution in [1.82, 2.24) is 0 Å². The molecular weight excluding hydrogens is 343 g/mol. The molecule has 1 heterocycles. The van der Waals surface area contributed by atoms with Crippen LogP contribution in [0.4, 0.5) is 0 Å². The van der Waals surface area contributed by atoms with Gasteiger partial charge >= 0.3 is 117 Å². The fourth-order valence-electron chi connectivity index (χ4n) is 2.39. The molecule has 3 heteroatoms. The predicted molar refractivity (Wildman–Crippen MR) is 82.6 cm³/mol. The zero-order valence-corrected chi connectivity index (χ0v) is 14.4. The second-order valence-corrected chi connectivity index (χ2v) is 20.5. The van der Waals surface area contributed by atoms with Crippen molar-refractivity contribution in [3.8, 4) is 0 Å². The Morgan fingerprint density at radius 1 is 0.947 bits per heavy atom. The van der Waals surface area contributed by atoms with Crippen molar-refractivity contribution < 1.29 is 9.52 Å². The van der Waals surface area contributed by atoms with Crippen molar-refractivity contribution in [2.75, 3.05) is 0 Å². The molecule has 0 aliphatic heterocycles. The molecule has 3 rings (SSSR count). The zero-order valence-electron chi connectivity index (χ0n) is 11.5. The first-order chi connectivity index (χ1) is 8.99. The number of hydrogen-bond donors (Lipinski definition) is 1. The van der Waals surface area contributed by atoms with Crippen LogP contribution in [0, 0.1) is 0 Å². The van der Waals surface area contributed by atoms with Crippen LogP contribution in [-0.4, -0.2) is 23.5 Å². The van der Waals surface area contributed by atoms with Crippen LogP contribution in [0.1, 0.15) is 5.56 Å². The second kappa shape index (κ2) is 4.53. The van der Waals surface area contributed by atoms with Gasteiger partial charge in [-0.3, -0.25) is 0 Å². The van der Waals surface area contributed by atoms with Crippen LogP contribution >= 0.6 is 0 Å². The molecule has 0 radical (unpaired) electrons. The Balaban J connectivity index is 2.27. The first-order valence-electron chi connectivity index (χ1n) is 6.55. The van der Waals surface area contributed by atoms with E-state index in [0.29, 0.717) is 0 Å². The maximum absolute atomic E-state index is 9.19. The normalized spacial score (nSPS) is 12.4. The van der Waals surface area contributed by atoms with Gasteiger partial charge in [-0.2, -0.15) is 0 Å². The predicted octanol–water partition coefficient (Wildman–Crippen LogP) is 3.62. The van der Waals surface area contributed by atoms with Gasteiger partial charge in [-0.15, -0.1) is 0 Å². The van der Waals surface area contributed by atoms with Gasteiger partial charge in [0.2, 0.25) is 0 Å². The zero-order chi connectivity index (χ0) is 13.6. The number of aliphatic hydroxyl groups is 1. The number of fused-ring (bicyclic) bond motifs is 3. The summed E-state index contributed by atoms with van der Waals surface area (Å²) in [7, 11) is 0. The molecule has 3 aromatic rings. The van der Waals surface area contributed by atoms with Crippen LogP contribution in [0.15, 0.2) is 40.8 Å². The molecular formula is C16H18O2Sn. The first-order valence-corrected chi connectivity index (χ1v) is 16.5. The van der Waals surface area contributed by atoms with Crippen LogP contribution < -0.4 is 3.58 Å². The van der Waals surface area contributed by atoms with Crippen LogP contribution in [0.3, 0.4) is 0 Å². The van der Waals surface area contributed by atoms with Crippen molar-refractivity contribution in [3.63, 3.8) is 0 Å². The van der Waals surface area contributed by atoms with E-state index in [9.17, 15) is 5.11 Å². The molecule has 0 saturated carbocycles. The molecule has 0 amide bonds. The molecule has 19 heavy (non-hydrogen) atoms. The minimum atomic E-state index is -2.05. The van der Waals surface area contributed by atoms with Gasteiger partial charge in [0, 0.05) is 0 Å². The molecule has 98 valence electrons. The Hall–Kier alpha value is -1.00. The van der Waals surface area contributed by atoms with Gasteiger partial charge in [-0.05, 0) is 0 Å². The minimum absolute atomic E-state index is 0.0523. The fourth-order valence-corrected chi connectivity index (χ4v) is 5.66. The third-order valence-corrected chi connectivity index (χ3v) is 9.42. The Labute approximate surface area is 116 Å². The average molecular weight is 361 g/mol. The Morgan fingerprint density at radius 2 is 1.58 bits per heavy atom. The average Bonchev–Trinajstić information content (AvgIpc) is 2.73. The van der Waals surface area contributed by atoms with Gasteiger partial charge in [0.1, 0.15) is 0 Å². The quantitative estimate of drug-likeness (QED) is 0.708. The summed E-state index contributed by atoms with van der Waals surface area (Å²) in [5.74, 6) is 0. The van der Waals surface area contributed by atoms with Gasteiger partial charge in [0.15, 0.2) is 0 Å². The van der Waals surface area contributed by atoms with E-state index >= 15 is 0 Å². The van der Waals surface area contributed by atoms with Crippen molar-refractivity contribution >= 4 is 43.9 Å². The van der Waals surface area contributed by atoms with Crippen LogP contribution in [-0.2, 0) is 6.61 Å². The van der Waals surface area contributed by atoms with Crippen LogP contribution in [0.2, 0.25) is 14.8 Å². The van der Waals surface area contributed by atoms with E-state index in [1.165, 1.54) is 8.97 Å². The molecule has 0 unspecified atom stereocenters. The van der Waals surface area contributed by atoms with E-state index in [-0.39, 0.29) is 6.61 Å². The molecule has 0 fully saturated rings. The summed E-state index contributed by atoms with van der Waals surface area (Å²) >= 11 is -2.05. The fraction of sp³-hybridized carbons (Fsp3) is 0.250. The summed E-state index contributed by atoms with van der Waals surface area (Å²) < 4.78 is 7.43. The molecule has 0 aliphatic carbocycles. The Bertz CT molecular complexity index is 750. The second-order valence-electron chi connectivity index (χ2n) is 6.05. The molecule has 2 aromatic carbocycles. The molecule has 1 N–H and O–H groups in total. The van der Waals surface area contributed by atoms with Crippen LogP contribution in [0.5, 0.6) is 0 Å². The summed E-state index contributed by atoms with van der Waals surface area (Å²) in [4.78, 5) is 7.22. The maximum atomic E-state index is 9.19. The van der Waals surface area contributed by atoms with E-state index < -0.39 is 18.4 Å². The Morgan fingerprint density at radius 3 is 2.21 bits per heavy atom. The topological polar surface area (TPSA) is 33.4 Å². The van der Waals surface area contributed by atoms with Crippen LogP contribution in [0.25, 0.3) is 21.9 Å². The SMILES string of the molecule is [CH3][Sn]([CH3])([CH3])[c]1ccc2c(c1)oc1cc(CO)ccc12. The monoisotopic (exact) mass is 362 g/mol. The third kappa shape index (κ3) is 2.28. The van der Waals surface area contributed by atoms with Crippen molar-refractivity contribution in [2.45, 2.75) is 21.4 Å². The van der Waals surface area contributed by atoms with Gasteiger partial charge in [0.25, 0.3) is 0 Å². The molecule has 2 nitrogen and oxygen atoms in total. The first kappa shape index (κ1) is 13.0. The standard InChI is InChI=1S/C13H9O2.3CH3.Sn/c14-8-9-5-6-11-10-3-1-2-4-12(10)15-13(11)7-9;;;;/h1,3-7,14H,8H2;3*1H3;. The van der Waals surface area contributed by atoms with Gasteiger partial charge in [0.05, 0.1) is 0 Å². The molecule has 1 aromatic heterocycles. The number of hydrogen-bond acceptors (Lipinski definition) is 2. The number of furan rings is 1. The summed E-state index contributed by atoms with van der Waals surface area (Å²) in [6, 6.07) is 12.6. The van der Waals surface area contributed by atoms with Gasteiger partial charge in [-0.25, -0.2) is 0 Å². The molecule has 0 atom stereocenters. The molecule has 0 aliphatic rings. The van der Waals surface area contributed by atoms with Crippen molar-refractivity contribution in [2.24, 2.45) is 0 Å². The van der Waals surface area contributed by atoms with E-state index in [1.807, 2.05) is 18.2 Å². The Kier molecular flexibility index (Phi) is 3.10. The summed E-state index contributed by atoms with van der Waals surface area (Å²) in [5, 5.41) is 11.5. The summed E-state index contributed by atoms with van der Waals surface area (Å²) in [6.07, 6.45) is 0. The molecule has 0 saturated heterocycles. The van der Waals surface area contributed by atoms with Gasteiger partial charge < -0.3 is 0 Å². The van der Waals surface area contributed by atoms with Crippen molar-refractivity contribution in [3.05, 3.63) is 42.0 Å². The summed E-state index contributed by atoms with van der Waals surface area (Å²) in [5.41, 5.74) is 2.72. The van der Waals surface area contributed by atoms with Crippen molar-refractivity contribution in [1.29, 1.82) is 0 Å². The summed E-state index contributed by atoms with van der Waals surface area (Å²) in [6.45, 7) is 0.0523. The number of rotatable bonds is 2. The van der Waals surface area contributed by atoms with E-state index in [0.717, 1.165) is 22.1 Å². The number of benzene rings is 2. The molecule has 0 spiro atoms. The van der Waals surface area contributed by atoms with E-state index in [1.54, 1.807) is 0 Å².